The van der Waals surface area contributed by atoms with Crippen molar-refractivity contribution in [3.8, 4) is 0 Å². The van der Waals surface area contributed by atoms with Crippen molar-refractivity contribution >= 4 is 5.91 Å². The Kier molecular flexibility index (Phi) is 3.08. The molecule has 1 amide bonds. The predicted octanol–water partition coefficient (Wildman–Crippen LogP) is 1.62. The van der Waals surface area contributed by atoms with E-state index in [2.05, 4.69) is 15.3 Å². The summed E-state index contributed by atoms with van der Waals surface area (Å²) in [6.45, 7) is 7.26. The van der Waals surface area contributed by atoms with Gasteiger partial charge in [-0.3, -0.25) is 14.6 Å². The topological polar surface area (TPSA) is 66.8 Å². The number of carbonyl (C=O) groups is 1. The van der Waals surface area contributed by atoms with Gasteiger partial charge in [0.15, 0.2) is 0 Å². The lowest BCUT2D eigenvalue weighted by molar-refractivity contribution is 0.0785. The summed E-state index contributed by atoms with van der Waals surface area (Å²) in [5.74, 6) is 0.0696. The average molecular weight is 273 g/mol. The van der Waals surface area contributed by atoms with E-state index < -0.39 is 0 Å². The molecule has 1 aliphatic rings. The minimum Gasteiger partial charge on any atom is -0.336 e. The van der Waals surface area contributed by atoms with Gasteiger partial charge >= 0.3 is 0 Å². The summed E-state index contributed by atoms with van der Waals surface area (Å²) in [7, 11) is 0. The van der Waals surface area contributed by atoms with E-state index in [1.165, 1.54) is 0 Å². The van der Waals surface area contributed by atoms with Crippen molar-refractivity contribution in [2.24, 2.45) is 0 Å². The average Bonchev–Trinajstić information content (AvgIpc) is 3.10. The monoisotopic (exact) mass is 273 g/mol. The van der Waals surface area contributed by atoms with Crippen LogP contribution in [0, 0.1) is 20.8 Å². The maximum absolute atomic E-state index is 12.6. The molecule has 2 aromatic heterocycles. The van der Waals surface area contributed by atoms with Crippen LogP contribution < -0.4 is 0 Å². The number of H-pyrrole nitrogens is 1. The number of hydrogen-bond acceptors (Lipinski definition) is 3. The summed E-state index contributed by atoms with van der Waals surface area (Å²) >= 11 is 0. The van der Waals surface area contributed by atoms with Gasteiger partial charge in [-0.25, -0.2) is 0 Å². The van der Waals surface area contributed by atoms with E-state index >= 15 is 0 Å². The molecule has 3 heterocycles. The largest absolute Gasteiger partial charge is 0.336 e. The minimum atomic E-state index is 0.0696. The standard InChI is InChI=1S/C14H19N5O/c1-9-6-15-19(7-9)12-4-5-18(8-12)14(20)13-10(2)16-17-11(13)3/h6-7,12H,4-5,8H2,1-3H3,(H,16,17). The zero-order chi connectivity index (χ0) is 14.3. The van der Waals surface area contributed by atoms with Gasteiger partial charge < -0.3 is 4.90 Å². The number of aromatic amines is 1. The molecule has 2 aromatic rings. The highest BCUT2D eigenvalue weighted by Crippen LogP contribution is 2.24. The number of hydrogen-bond donors (Lipinski definition) is 1. The van der Waals surface area contributed by atoms with Gasteiger partial charge in [-0.15, -0.1) is 0 Å². The molecule has 0 saturated carbocycles. The van der Waals surface area contributed by atoms with Gasteiger partial charge in [0.2, 0.25) is 0 Å². The number of nitrogens with one attached hydrogen (secondary N) is 1. The van der Waals surface area contributed by atoms with Crippen molar-refractivity contribution in [2.75, 3.05) is 13.1 Å². The number of carbonyl (C=O) groups excluding carboxylic acids is 1. The molecule has 0 aliphatic carbocycles. The summed E-state index contributed by atoms with van der Waals surface area (Å²) in [6.07, 6.45) is 4.84. The normalized spacial score (nSPS) is 18.8. The van der Waals surface area contributed by atoms with Crippen LogP contribution in [0.15, 0.2) is 12.4 Å². The minimum absolute atomic E-state index is 0.0696. The van der Waals surface area contributed by atoms with Crippen molar-refractivity contribution in [3.05, 3.63) is 34.9 Å². The predicted molar refractivity (Wildman–Crippen MR) is 74.6 cm³/mol. The number of aryl methyl sites for hydroxylation is 3. The second-order valence-corrected chi connectivity index (χ2v) is 5.50. The third-order valence-corrected chi connectivity index (χ3v) is 3.90. The smallest absolute Gasteiger partial charge is 0.257 e. The Bertz CT molecular complexity index is 622. The number of likely N-dealkylation sites (tertiary alicyclic amines) is 1. The first-order chi connectivity index (χ1) is 9.56. The van der Waals surface area contributed by atoms with E-state index in [0.29, 0.717) is 12.1 Å². The number of nitrogens with zero attached hydrogens (tertiary/aromatic N) is 4. The zero-order valence-corrected chi connectivity index (χ0v) is 12.1. The molecule has 6 nitrogen and oxygen atoms in total. The molecule has 1 unspecified atom stereocenters. The Morgan fingerprint density at radius 2 is 2.20 bits per heavy atom. The molecule has 0 spiro atoms. The Balaban J connectivity index is 1.76. The van der Waals surface area contributed by atoms with E-state index in [-0.39, 0.29) is 11.9 Å². The van der Waals surface area contributed by atoms with Crippen LogP contribution in [0.2, 0.25) is 0 Å². The third kappa shape index (κ3) is 2.11. The van der Waals surface area contributed by atoms with Crippen LogP contribution in [0.25, 0.3) is 0 Å². The van der Waals surface area contributed by atoms with Crippen LogP contribution in [-0.2, 0) is 0 Å². The SMILES string of the molecule is Cc1cnn(C2CCN(C(=O)c3c(C)n[nH]c3C)C2)c1. The van der Waals surface area contributed by atoms with Crippen molar-refractivity contribution < 1.29 is 4.79 Å². The number of amides is 1. The Morgan fingerprint density at radius 3 is 2.80 bits per heavy atom. The van der Waals surface area contributed by atoms with Crippen molar-refractivity contribution in [3.63, 3.8) is 0 Å². The molecule has 1 fully saturated rings. The van der Waals surface area contributed by atoms with E-state index in [1.807, 2.05) is 42.7 Å². The summed E-state index contributed by atoms with van der Waals surface area (Å²) in [6, 6.07) is 0.278. The van der Waals surface area contributed by atoms with Gasteiger partial charge in [0.05, 0.1) is 23.5 Å². The highest BCUT2D eigenvalue weighted by molar-refractivity contribution is 5.96. The summed E-state index contributed by atoms with van der Waals surface area (Å²) in [4.78, 5) is 14.5. The summed E-state index contributed by atoms with van der Waals surface area (Å²) in [5, 5.41) is 11.3. The molecule has 1 aliphatic heterocycles. The molecular weight excluding hydrogens is 254 g/mol. The molecule has 6 heteroatoms. The van der Waals surface area contributed by atoms with Crippen LogP contribution >= 0.6 is 0 Å². The van der Waals surface area contributed by atoms with E-state index in [9.17, 15) is 4.79 Å². The quantitative estimate of drug-likeness (QED) is 0.904. The molecular formula is C14H19N5O. The first-order valence-corrected chi connectivity index (χ1v) is 6.88. The number of aromatic nitrogens is 4. The van der Waals surface area contributed by atoms with Crippen molar-refractivity contribution in [2.45, 2.75) is 33.2 Å². The van der Waals surface area contributed by atoms with Crippen LogP contribution in [0.4, 0.5) is 0 Å². The maximum Gasteiger partial charge on any atom is 0.257 e. The molecule has 0 aromatic carbocycles. The molecule has 0 bridgehead atoms. The van der Waals surface area contributed by atoms with Crippen LogP contribution in [0.3, 0.4) is 0 Å². The van der Waals surface area contributed by atoms with Gasteiger partial charge in [0.25, 0.3) is 5.91 Å². The highest BCUT2D eigenvalue weighted by atomic mass is 16.2. The molecule has 1 saturated heterocycles. The Hall–Kier alpha value is -2.11. The maximum atomic E-state index is 12.6. The molecule has 1 atom stereocenters. The molecule has 20 heavy (non-hydrogen) atoms. The fourth-order valence-electron chi connectivity index (χ4n) is 2.80. The molecule has 106 valence electrons. The summed E-state index contributed by atoms with van der Waals surface area (Å²) in [5.41, 5.74) is 3.47. The lowest BCUT2D eigenvalue weighted by atomic mass is 10.2. The third-order valence-electron chi connectivity index (χ3n) is 3.90. The van der Waals surface area contributed by atoms with E-state index in [0.717, 1.165) is 29.9 Å². The lowest BCUT2D eigenvalue weighted by Crippen LogP contribution is -2.30. The van der Waals surface area contributed by atoms with Gasteiger partial charge in [-0.1, -0.05) is 0 Å². The Morgan fingerprint density at radius 1 is 1.40 bits per heavy atom. The zero-order valence-electron chi connectivity index (χ0n) is 12.1. The van der Waals surface area contributed by atoms with Crippen LogP contribution in [-0.4, -0.2) is 43.9 Å². The van der Waals surface area contributed by atoms with Crippen LogP contribution in [0.5, 0.6) is 0 Å². The second-order valence-electron chi connectivity index (χ2n) is 5.50. The molecule has 0 radical (unpaired) electrons. The van der Waals surface area contributed by atoms with Gasteiger partial charge in [-0.2, -0.15) is 10.2 Å². The fraction of sp³-hybridized carbons (Fsp3) is 0.500. The first kappa shape index (κ1) is 12.9. The molecule has 3 rings (SSSR count). The van der Waals surface area contributed by atoms with Crippen LogP contribution in [0.1, 0.15) is 39.8 Å². The molecule has 1 N–H and O–H groups in total. The van der Waals surface area contributed by atoms with E-state index in [1.54, 1.807) is 0 Å². The second kappa shape index (κ2) is 4.77. The summed E-state index contributed by atoms with van der Waals surface area (Å²) < 4.78 is 1.97. The van der Waals surface area contributed by atoms with E-state index in [4.69, 9.17) is 0 Å². The fourth-order valence-corrected chi connectivity index (χ4v) is 2.80. The van der Waals surface area contributed by atoms with Gasteiger partial charge in [0.1, 0.15) is 0 Å². The van der Waals surface area contributed by atoms with Crippen molar-refractivity contribution in [1.82, 2.24) is 24.9 Å². The van der Waals surface area contributed by atoms with Gasteiger partial charge in [-0.05, 0) is 32.8 Å². The lowest BCUT2D eigenvalue weighted by Gasteiger charge is -2.16. The first-order valence-electron chi connectivity index (χ1n) is 6.88. The van der Waals surface area contributed by atoms with Crippen molar-refractivity contribution in [1.29, 1.82) is 0 Å². The Labute approximate surface area is 117 Å². The van der Waals surface area contributed by atoms with Gasteiger partial charge in [0, 0.05) is 25.0 Å². The number of rotatable bonds is 2. The highest BCUT2D eigenvalue weighted by Gasteiger charge is 2.30.